The van der Waals surface area contributed by atoms with E-state index in [0.29, 0.717) is 24.3 Å². The molecular weight excluding hydrogens is 321 g/mol. The first-order valence-electron chi connectivity index (χ1n) is 8.28. The number of hydrogen-bond donors (Lipinski definition) is 2. The second kappa shape index (κ2) is 6.29. The normalized spacial score (nSPS) is 19.1. The number of carbonyl (C=O) groups is 1. The molecule has 0 aliphatic heterocycles. The Kier molecular flexibility index (Phi) is 3.97. The maximum Gasteiger partial charge on any atom is 0.231 e. The number of amides is 1. The number of fused-ring (bicyclic) bond motifs is 1. The number of imidazole rings is 1. The fourth-order valence-corrected chi connectivity index (χ4v) is 3.01. The van der Waals surface area contributed by atoms with E-state index < -0.39 is 12.1 Å². The summed E-state index contributed by atoms with van der Waals surface area (Å²) in [5.41, 5.74) is 3.82. The predicted octanol–water partition coefficient (Wildman–Crippen LogP) is 2.83. The predicted molar refractivity (Wildman–Crippen MR) is 93.1 cm³/mol. The summed E-state index contributed by atoms with van der Waals surface area (Å²) in [7, 11) is 0. The van der Waals surface area contributed by atoms with Crippen LogP contribution in [0.2, 0.25) is 0 Å². The Hall–Kier alpha value is -2.73. The van der Waals surface area contributed by atoms with E-state index in [1.165, 1.54) is 0 Å². The van der Waals surface area contributed by atoms with Crippen molar-refractivity contribution in [3.05, 3.63) is 54.4 Å². The second-order valence-electron chi connectivity index (χ2n) is 6.29. The van der Waals surface area contributed by atoms with Gasteiger partial charge in [0, 0.05) is 12.8 Å². The molecule has 1 aliphatic carbocycles. The Labute approximate surface area is 144 Å². The van der Waals surface area contributed by atoms with Crippen molar-refractivity contribution in [2.75, 3.05) is 11.9 Å². The molecule has 128 valence electrons. The molecule has 1 aromatic carbocycles. The van der Waals surface area contributed by atoms with Crippen molar-refractivity contribution in [2.45, 2.75) is 19.0 Å². The lowest BCUT2D eigenvalue weighted by Crippen LogP contribution is -2.15. The molecule has 3 aromatic rings. The maximum absolute atomic E-state index is 13.0. The highest BCUT2D eigenvalue weighted by Gasteiger charge is 2.43. The van der Waals surface area contributed by atoms with Crippen LogP contribution in [0.5, 0.6) is 0 Å². The zero-order valence-electron chi connectivity index (χ0n) is 13.5. The van der Waals surface area contributed by atoms with Crippen molar-refractivity contribution in [1.29, 1.82) is 0 Å². The van der Waals surface area contributed by atoms with Crippen LogP contribution in [0, 0.1) is 5.92 Å². The molecule has 1 amide bonds. The summed E-state index contributed by atoms with van der Waals surface area (Å²) in [6.07, 6.45) is 3.52. The number of hydrogen-bond acceptors (Lipinski definition) is 3. The SMILES string of the molecule is O=C(Nc1cn2cc(-c3ccccc3CCO)ccc2n1)[C@@H]1C[C@@H]1F. The number of anilines is 1. The van der Waals surface area contributed by atoms with E-state index in [1.807, 2.05) is 47.0 Å². The summed E-state index contributed by atoms with van der Waals surface area (Å²) < 4.78 is 14.8. The first-order valence-corrected chi connectivity index (χ1v) is 8.28. The van der Waals surface area contributed by atoms with Gasteiger partial charge >= 0.3 is 0 Å². The van der Waals surface area contributed by atoms with Gasteiger partial charge in [0.1, 0.15) is 11.8 Å². The van der Waals surface area contributed by atoms with Crippen LogP contribution in [-0.2, 0) is 11.2 Å². The van der Waals surface area contributed by atoms with Gasteiger partial charge in [-0.15, -0.1) is 0 Å². The number of nitrogens with one attached hydrogen (secondary N) is 1. The van der Waals surface area contributed by atoms with Crippen LogP contribution in [0.1, 0.15) is 12.0 Å². The highest BCUT2D eigenvalue weighted by Crippen LogP contribution is 2.34. The summed E-state index contributed by atoms with van der Waals surface area (Å²) >= 11 is 0. The third-order valence-corrected chi connectivity index (χ3v) is 4.46. The molecule has 1 saturated carbocycles. The topological polar surface area (TPSA) is 66.6 Å². The quantitative estimate of drug-likeness (QED) is 0.751. The van der Waals surface area contributed by atoms with Gasteiger partial charge in [0.25, 0.3) is 0 Å². The number of pyridine rings is 1. The summed E-state index contributed by atoms with van der Waals surface area (Å²) in [4.78, 5) is 16.2. The lowest BCUT2D eigenvalue weighted by Gasteiger charge is -2.09. The molecule has 0 bridgehead atoms. The summed E-state index contributed by atoms with van der Waals surface area (Å²) in [5.74, 6) is -0.431. The number of aromatic nitrogens is 2. The van der Waals surface area contributed by atoms with Gasteiger partial charge in [-0.1, -0.05) is 24.3 Å². The van der Waals surface area contributed by atoms with E-state index in [4.69, 9.17) is 0 Å². The van der Waals surface area contributed by atoms with Crippen molar-refractivity contribution in [2.24, 2.45) is 5.92 Å². The number of aliphatic hydroxyl groups excluding tert-OH is 1. The van der Waals surface area contributed by atoms with E-state index in [2.05, 4.69) is 10.3 Å². The third-order valence-electron chi connectivity index (χ3n) is 4.46. The molecule has 1 aliphatic rings. The van der Waals surface area contributed by atoms with Gasteiger partial charge in [0.05, 0.1) is 12.1 Å². The van der Waals surface area contributed by atoms with Crippen molar-refractivity contribution >= 4 is 17.4 Å². The van der Waals surface area contributed by atoms with Crippen LogP contribution in [-0.4, -0.2) is 33.2 Å². The van der Waals surface area contributed by atoms with Crippen LogP contribution < -0.4 is 5.32 Å². The van der Waals surface area contributed by atoms with E-state index in [-0.39, 0.29) is 12.5 Å². The highest BCUT2D eigenvalue weighted by molar-refractivity contribution is 5.94. The van der Waals surface area contributed by atoms with E-state index in [9.17, 15) is 14.3 Å². The van der Waals surface area contributed by atoms with Gasteiger partial charge in [0.2, 0.25) is 5.91 Å². The first kappa shape index (κ1) is 15.8. The molecule has 0 radical (unpaired) electrons. The third kappa shape index (κ3) is 3.13. The molecule has 1 fully saturated rings. The molecule has 0 unspecified atom stereocenters. The molecule has 5 nitrogen and oxygen atoms in total. The number of aliphatic hydroxyl groups is 1. The maximum atomic E-state index is 13.0. The average Bonchev–Trinajstić information content (AvgIpc) is 3.21. The Balaban J connectivity index is 1.63. The van der Waals surface area contributed by atoms with E-state index in [0.717, 1.165) is 16.7 Å². The Morgan fingerprint density at radius 3 is 2.84 bits per heavy atom. The van der Waals surface area contributed by atoms with Gasteiger partial charge in [-0.05, 0) is 41.7 Å². The van der Waals surface area contributed by atoms with Gasteiger partial charge < -0.3 is 14.8 Å². The number of benzene rings is 1. The van der Waals surface area contributed by atoms with Gasteiger partial charge in [-0.2, -0.15) is 0 Å². The number of carbonyl (C=O) groups excluding carboxylic acids is 1. The molecule has 2 heterocycles. The first-order chi connectivity index (χ1) is 12.2. The number of alkyl halides is 1. The second-order valence-corrected chi connectivity index (χ2v) is 6.29. The van der Waals surface area contributed by atoms with Crippen LogP contribution in [0.15, 0.2) is 48.8 Å². The fraction of sp³-hybridized carbons (Fsp3) is 0.263. The smallest absolute Gasteiger partial charge is 0.231 e. The molecule has 2 N–H and O–H groups in total. The lowest BCUT2D eigenvalue weighted by atomic mass is 9.99. The minimum absolute atomic E-state index is 0.0945. The van der Waals surface area contributed by atoms with Crippen LogP contribution >= 0.6 is 0 Å². The number of nitrogens with zero attached hydrogens (tertiary/aromatic N) is 2. The number of halogens is 1. The van der Waals surface area contributed by atoms with Crippen molar-refractivity contribution in [3.63, 3.8) is 0 Å². The molecule has 6 heteroatoms. The van der Waals surface area contributed by atoms with Crippen molar-refractivity contribution < 1.29 is 14.3 Å². The number of rotatable bonds is 5. The zero-order chi connectivity index (χ0) is 17.4. The van der Waals surface area contributed by atoms with Gasteiger partial charge in [-0.3, -0.25) is 4.79 Å². The van der Waals surface area contributed by atoms with Crippen molar-refractivity contribution in [3.8, 4) is 11.1 Å². The lowest BCUT2D eigenvalue weighted by molar-refractivity contribution is -0.117. The standard InChI is InChI=1S/C19H18FN3O2/c20-16-9-15(16)19(25)22-17-11-23-10-13(5-6-18(23)21-17)14-4-2-1-3-12(14)7-8-24/h1-6,10-11,15-16,24H,7-9H2,(H,22,25)/t15-,16+/m1/s1. The van der Waals surface area contributed by atoms with E-state index in [1.54, 1.807) is 6.20 Å². The minimum Gasteiger partial charge on any atom is -0.396 e. The molecule has 2 aromatic heterocycles. The zero-order valence-corrected chi connectivity index (χ0v) is 13.5. The summed E-state index contributed by atoms with van der Waals surface area (Å²) in [5, 5.41) is 11.9. The Morgan fingerprint density at radius 2 is 2.08 bits per heavy atom. The van der Waals surface area contributed by atoms with Crippen LogP contribution in [0.4, 0.5) is 10.2 Å². The largest absolute Gasteiger partial charge is 0.396 e. The Morgan fingerprint density at radius 1 is 1.28 bits per heavy atom. The molecule has 0 spiro atoms. The molecule has 0 saturated heterocycles. The van der Waals surface area contributed by atoms with Crippen molar-refractivity contribution in [1.82, 2.24) is 9.38 Å². The van der Waals surface area contributed by atoms with Gasteiger partial charge in [0.15, 0.2) is 5.82 Å². The molecule has 25 heavy (non-hydrogen) atoms. The average molecular weight is 339 g/mol. The monoisotopic (exact) mass is 339 g/mol. The molecule has 2 atom stereocenters. The highest BCUT2D eigenvalue weighted by atomic mass is 19.1. The van der Waals surface area contributed by atoms with E-state index >= 15 is 0 Å². The molecule has 4 rings (SSSR count). The van der Waals surface area contributed by atoms with Crippen LogP contribution in [0.25, 0.3) is 16.8 Å². The Bertz CT molecular complexity index is 937. The van der Waals surface area contributed by atoms with Gasteiger partial charge in [-0.25, -0.2) is 9.37 Å². The summed E-state index contributed by atoms with van der Waals surface area (Å²) in [6, 6.07) is 11.8. The molecular formula is C19H18FN3O2. The summed E-state index contributed by atoms with van der Waals surface area (Å²) in [6.45, 7) is 0.0945. The van der Waals surface area contributed by atoms with Crippen LogP contribution in [0.3, 0.4) is 0 Å². The fourth-order valence-electron chi connectivity index (χ4n) is 3.01. The minimum atomic E-state index is -1.02.